The molecule has 0 saturated carbocycles. The number of halogens is 3. The van der Waals surface area contributed by atoms with Gasteiger partial charge in [0.15, 0.2) is 17.5 Å². The number of amides is 2. The largest absolute Gasteiger partial charge is 0.325 e. The Morgan fingerprint density at radius 3 is 2.38 bits per heavy atom. The molecule has 126 valence electrons. The van der Waals surface area contributed by atoms with Crippen LogP contribution in [0.1, 0.15) is 6.92 Å². The Kier molecular flexibility index (Phi) is 5.86. The number of benzene rings is 2. The van der Waals surface area contributed by atoms with Crippen molar-refractivity contribution >= 4 is 35.0 Å². The molecule has 0 fully saturated rings. The summed E-state index contributed by atoms with van der Waals surface area (Å²) in [4.78, 5) is 23.6. The topological polar surface area (TPSA) is 58.2 Å². The number of carbonyl (C=O) groups is 2. The molecular formula is C16H13F3N2O2S. The van der Waals surface area contributed by atoms with Gasteiger partial charge in [0.05, 0.1) is 17.1 Å². The minimum atomic E-state index is -1.64. The molecule has 0 aliphatic rings. The molecule has 0 unspecified atom stereocenters. The van der Waals surface area contributed by atoms with Gasteiger partial charge in [-0.25, -0.2) is 13.2 Å². The molecule has 0 heterocycles. The maximum atomic E-state index is 13.5. The second-order valence-electron chi connectivity index (χ2n) is 4.74. The fourth-order valence-corrected chi connectivity index (χ4v) is 2.65. The van der Waals surface area contributed by atoms with Crippen molar-refractivity contribution in [1.82, 2.24) is 0 Å². The van der Waals surface area contributed by atoms with Gasteiger partial charge in [-0.3, -0.25) is 9.59 Å². The zero-order valence-corrected chi connectivity index (χ0v) is 13.3. The number of rotatable bonds is 5. The third-order valence-corrected chi connectivity index (χ3v) is 3.94. The van der Waals surface area contributed by atoms with Gasteiger partial charge in [-0.2, -0.15) is 0 Å². The van der Waals surface area contributed by atoms with Crippen LogP contribution in [-0.4, -0.2) is 17.6 Å². The molecule has 0 bridgehead atoms. The highest BCUT2D eigenvalue weighted by molar-refractivity contribution is 8.00. The average Bonchev–Trinajstić information content (AvgIpc) is 2.54. The highest BCUT2D eigenvalue weighted by atomic mass is 32.2. The van der Waals surface area contributed by atoms with Crippen LogP contribution in [0.3, 0.4) is 0 Å². The van der Waals surface area contributed by atoms with E-state index in [0.29, 0.717) is 10.6 Å². The monoisotopic (exact) mass is 354 g/mol. The molecule has 2 amide bonds. The third-order valence-electron chi connectivity index (χ3n) is 2.87. The maximum absolute atomic E-state index is 13.5. The molecule has 2 aromatic carbocycles. The van der Waals surface area contributed by atoms with Crippen LogP contribution in [0.4, 0.5) is 24.5 Å². The highest BCUT2D eigenvalue weighted by Crippen LogP contribution is 2.27. The van der Waals surface area contributed by atoms with Gasteiger partial charge in [0.25, 0.3) is 0 Å². The molecule has 0 spiro atoms. The fraction of sp³-hybridized carbons (Fsp3) is 0.125. The van der Waals surface area contributed by atoms with E-state index in [1.165, 1.54) is 6.92 Å². The average molecular weight is 354 g/mol. The van der Waals surface area contributed by atoms with Crippen LogP contribution in [0.15, 0.2) is 41.3 Å². The first kappa shape index (κ1) is 17.9. The fourth-order valence-electron chi connectivity index (χ4n) is 1.84. The van der Waals surface area contributed by atoms with Crippen LogP contribution < -0.4 is 10.6 Å². The van der Waals surface area contributed by atoms with Crippen molar-refractivity contribution in [3.05, 3.63) is 53.8 Å². The molecule has 0 aromatic heterocycles. The van der Waals surface area contributed by atoms with Gasteiger partial charge in [-0.15, -0.1) is 11.8 Å². The van der Waals surface area contributed by atoms with Crippen molar-refractivity contribution in [1.29, 1.82) is 0 Å². The van der Waals surface area contributed by atoms with Crippen molar-refractivity contribution in [3.63, 3.8) is 0 Å². The normalized spacial score (nSPS) is 10.3. The Morgan fingerprint density at radius 2 is 1.67 bits per heavy atom. The number of anilines is 2. The van der Waals surface area contributed by atoms with Gasteiger partial charge in [0.1, 0.15) is 0 Å². The smallest absolute Gasteiger partial charge is 0.234 e. The van der Waals surface area contributed by atoms with E-state index < -0.39 is 29.0 Å². The van der Waals surface area contributed by atoms with Gasteiger partial charge < -0.3 is 10.6 Å². The zero-order chi connectivity index (χ0) is 17.7. The van der Waals surface area contributed by atoms with Crippen LogP contribution in [-0.2, 0) is 9.59 Å². The number of hydrogen-bond acceptors (Lipinski definition) is 3. The Hall–Kier alpha value is -2.48. The summed E-state index contributed by atoms with van der Waals surface area (Å²) < 4.78 is 39.5. The number of carbonyl (C=O) groups excluding carboxylic acids is 2. The van der Waals surface area contributed by atoms with Gasteiger partial charge >= 0.3 is 0 Å². The van der Waals surface area contributed by atoms with E-state index in [4.69, 9.17) is 0 Å². The second-order valence-corrected chi connectivity index (χ2v) is 5.75. The molecular weight excluding hydrogens is 341 g/mol. The molecule has 0 atom stereocenters. The van der Waals surface area contributed by atoms with E-state index in [-0.39, 0.29) is 11.7 Å². The quantitative estimate of drug-likeness (QED) is 0.634. The predicted octanol–water partition coefficient (Wildman–Crippen LogP) is 3.79. The minimum absolute atomic E-state index is 0.102. The molecule has 2 N–H and O–H groups in total. The predicted molar refractivity (Wildman–Crippen MR) is 86.4 cm³/mol. The van der Waals surface area contributed by atoms with Crippen LogP contribution in [0, 0.1) is 17.5 Å². The first-order chi connectivity index (χ1) is 11.4. The molecule has 8 heteroatoms. The summed E-state index contributed by atoms with van der Waals surface area (Å²) in [7, 11) is 0. The van der Waals surface area contributed by atoms with Gasteiger partial charge in [-0.05, 0) is 24.3 Å². The van der Waals surface area contributed by atoms with Crippen LogP contribution in [0.2, 0.25) is 0 Å². The summed E-state index contributed by atoms with van der Waals surface area (Å²) in [6.07, 6.45) is 0. The lowest BCUT2D eigenvalue weighted by Crippen LogP contribution is -2.16. The van der Waals surface area contributed by atoms with E-state index in [1.807, 2.05) is 0 Å². The van der Waals surface area contributed by atoms with Crippen LogP contribution >= 0.6 is 11.8 Å². The van der Waals surface area contributed by atoms with Gasteiger partial charge in [0, 0.05) is 11.8 Å². The lowest BCUT2D eigenvalue weighted by atomic mass is 10.3. The lowest BCUT2D eigenvalue weighted by molar-refractivity contribution is -0.114. The molecule has 0 aliphatic heterocycles. The molecule has 2 rings (SSSR count). The van der Waals surface area contributed by atoms with Crippen LogP contribution in [0.5, 0.6) is 0 Å². The van der Waals surface area contributed by atoms with Crippen molar-refractivity contribution in [3.8, 4) is 0 Å². The number of para-hydroxylation sites is 1. The summed E-state index contributed by atoms with van der Waals surface area (Å²) in [6, 6.07) is 8.53. The Morgan fingerprint density at radius 1 is 0.958 bits per heavy atom. The van der Waals surface area contributed by atoms with Gasteiger partial charge in [-0.1, -0.05) is 12.1 Å². The Bertz CT molecular complexity index is 784. The molecule has 4 nitrogen and oxygen atoms in total. The first-order valence-electron chi connectivity index (χ1n) is 6.81. The standard InChI is InChI=1S/C16H13F3N2O2S/c1-9(22)20-11-4-2-3-5-13(11)24-8-14(23)21-12-7-6-10(17)15(18)16(12)19/h2-7H,8H2,1H3,(H,20,22)(H,21,23). The first-order valence-corrected chi connectivity index (χ1v) is 7.80. The summed E-state index contributed by atoms with van der Waals surface area (Å²) in [5.74, 6) is -5.37. The molecule has 2 aromatic rings. The maximum Gasteiger partial charge on any atom is 0.234 e. The van der Waals surface area contributed by atoms with E-state index in [9.17, 15) is 22.8 Å². The van der Waals surface area contributed by atoms with E-state index in [2.05, 4.69) is 10.6 Å². The van der Waals surface area contributed by atoms with E-state index in [1.54, 1.807) is 24.3 Å². The third kappa shape index (κ3) is 4.51. The van der Waals surface area contributed by atoms with Crippen molar-refractivity contribution in [2.75, 3.05) is 16.4 Å². The van der Waals surface area contributed by atoms with E-state index in [0.717, 1.165) is 23.9 Å². The summed E-state index contributed by atoms with van der Waals surface area (Å²) in [6.45, 7) is 1.36. The van der Waals surface area contributed by atoms with Crippen molar-refractivity contribution in [2.45, 2.75) is 11.8 Å². The summed E-state index contributed by atoms with van der Waals surface area (Å²) in [5, 5.41) is 4.81. The van der Waals surface area contributed by atoms with Gasteiger partial charge in [0.2, 0.25) is 11.8 Å². The molecule has 24 heavy (non-hydrogen) atoms. The summed E-state index contributed by atoms with van der Waals surface area (Å²) >= 11 is 1.11. The van der Waals surface area contributed by atoms with Crippen LogP contribution in [0.25, 0.3) is 0 Å². The zero-order valence-electron chi connectivity index (χ0n) is 12.5. The highest BCUT2D eigenvalue weighted by Gasteiger charge is 2.15. The lowest BCUT2D eigenvalue weighted by Gasteiger charge is -2.10. The molecule has 0 saturated heterocycles. The number of thioether (sulfide) groups is 1. The molecule has 0 radical (unpaired) electrons. The Balaban J connectivity index is 2.02. The van der Waals surface area contributed by atoms with Crippen molar-refractivity contribution < 1.29 is 22.8 Å². The summed E-state index contributed by atoms with van der Waals surface area (Å²) in [5.41, 5.74) is 0.108. The van der Waals surface area contributed by atoms with E-state index >= 15 is 0 Å². The number of nitrogens with one attached hydrogen (secondary N) is 2. The number of hydrogen-bond donors (Lipinski definition) is 2. The molecule has 0 aliphatic carbocycles. The Labute approximate surface area is 140 Å². The van der Waals surface area contributed by atoms with Crippen molar-refractivity contribution in [2.24, 2.45) is 0 Å². The SMILES string of the molecule is CC(=O)Nc1ccccc1SCC(=O)Nc1ccc(F)c(F)c1F. The second kappa shape index (κ2) is 7.87. The minimum Gasteiger partial charge on any atom is -0.325 e.